The van der Waals surface area contributed by atoms with E-state index in [0.29, 0.717) is 12.2 Å². The van der Waals surface area contributed by atoms with Gasteiger partial charge in [0.2, 0.25) is 5.91 Å². The molecule has 0 aromatic carbocycles. The van der Waals surface area contributed by atoms with Crippen LogP contribution in [-0.2, 0) is 9.59 Å². The molecule has 0 saturated carbocycles. The zero-order valence-corrected chi connectivity index (χ0v) is 12.5. The van der Waals surface area contributed by atoms with Crippen LogP contribution in [0.3, 0.4) is 0 Å². The first-order valence-electron chi connectivity index (χ1n) is 6.61. The van der Waals surface area contributed by atoms with Crippen LogP contribution in [0.1, 0.15) is 0 Å². The number of carbonyl (C=O) groups excluding carboxylic acids is 2. The Bertz CT molecular complexity index is 623. The van der Waals surface area contributed by atoms with Crippen LogP contribution >= 0.6 is 11.6 Å². The highest BCUT2D eigenvalue weighted by molar-refractivity contribution is 6.31. The molecule has 0 aromatic heterocycles. The summed E-state index contributed by atoms with van der Waals surface area (Å²) in [6.07, 6.45) is 5.73. The minimum atomic E-state index is -5.01. The van der Waals surface area contributed by atoms with Gasteiger partial charge >= 0.3 is 12.1 Å². The molecular weight excluding hydrogens is 335 g/mol. The van der Waals surface area contributed by atoms with Crippen molar-refractivity contribution in [3.63, 3.8) is 0 Å². The molecule has 2 N–H and O–H groups in total. The monoisotopic (exact) mass is 347 g/mol. The molecular formula is C14H13ClF3N3O2. The standard InChI is InChI=1S/C14H13ClF3N3O2/c15-9(8-19-13(23)14(16,17)18)12(22)20-10-4-3-7-21-6-2-1-5-11(10)21/h1-6,9H,7-8H2,(H,19,23)(H,20,22). The minimum absolute atomic E-state index is 0.481. The van der Waals surface area contributed by atoms with Gasteiger partial charge in [0.1, 0.15) is 5.38 Å². The molecule has 23 heavy (non-hydrogen) atoms. The van der Waals surface area contributed by atoms with Gasteiger partial charge in [-0.05, 0) is 18.2 Å². The van der Waals surface area contributed by atoms with Crippen molar-refractivity contribution in [2.45, 2.75) is 11.6 Å². The van der Waals surface area contributed by atoms with Gasteiger partial charge < -0.3 is 15.5 Å². The molecule has 0 radical (unpaired) electrons. The molecule has 0 saturated heterocycles. The van der Waals surface area contributed by atoms with E-state index in [9.17, 15) is 22.8 Å². The molecule has 1 atom stereocenters. The van der Waals surface area contributed by atoms with Crippen molar-refractivity contribution in [1.82, 2.24) is 15.5 Å². The minimum Gasteiger partial charge on any atom is -0.346 e. The van der Waals surface area contributed by atoms with Crippen LogP contribution < -0.4 is 10.6 Å². The zero-order chi connectivity index (χ0) is 17.0. The average molecular weight is 348 g/mol. The fraction of sp³-hybridized carbons (Fsp3) is 0.286. The van der Waals surface area contributed by atoms with Crippen LogP contribution in [0.2, 0.25) is 0 Å². The van der Waals surface area contributed by atoms with Crippen molar-refractivity contribution < 1.29 is 22.8 Å². The number of nitrogens with one attached hydrogen (secondary N) is 2. The number of amides is 2. The SMILES string of the molecule is O=C(NC1=C2C=CC=CN2CC=C1)C(Cl)CNC(=O)C(F)(F)F. The summed E-state index contributed by atoms with van der Waals surface area (Å²) < 4.78 is 36.2. The van der Waals surface area contributed by atoms with Gasteiger partial charge in [0.25, 0.3) is 0 Å². The lowest BCUT2D eigenvalue weighted by molar-refractivity contribution is -0.173. The molecule has 0 fully saturated rings. The summed E-state index contributed by atoms with van der Waals surface area (Å²) in [6.45, 7) is 0.0129. The number of carbonyl (C=O) groups is 2. The quantitative estimate of drug-likeness (QED) is 0.759. The lowest BCUT2D eigenvalue weighted by atomic mass is 10.1. The third-order valence-corrected chi connectivity index (χ3v) is 3.40. The van der Waals surface area contributed by atoms with E-state index < -0.39 is 29.9 Å². The number of nitrogens with zero attached hydrogens (tertiary/aromatic N) is 1. The molecule has 9 heteroatoms. The fourth-order valence-corrected chi connectivity index (χ4v) is 2.07. The van der Waals surface area contributed by atoms with Crippen LogP contribution in [0.15, 0.2) is 48.0 Å². The van der Waals surface area contributed by atoms with Crippen molar-refractivity contribution in [2.75, 3.05) is 13.1 Å². The van der Waals surface area contributed by atoms with Gasteiger partial charge in [-0.1, -0.05) is 12.2 Å². The predicted octanol–water partition coefficient (Wildman–Crippen LogP) is 1.56. The molecule has 0 aromatic rings. The van der Waals surface area contributed by atoms with Crippen LogP contribution in [0, 0.1) is 0 Å². The first-order valence-corrected chi connectivity index (χ1v) is 7.05. The number of hydrogen-bond donors (Lipinski definition) is 2. The largest absolute Gasteiger partial charge is 0.471 e. The van der Waals surface area contributed by atoms with E-state index in [1.165, 1.54) is 0 Å². The van der Waals surface area contributed by atoms with Gasteiger partial charge in [0.15, 0.2) is 0 Å². The van der Waals surface area contributed by atoms with Gasteiger partial charge in [-0.2, -0.15) is 13.2 Å². The molecule has 0 bridgehead atoms. The van der Waals surface area contributed by atoms with Crippen LogP contribution in [0.25, 0.3) is 0 Å². The van der Waals surface area contributed by atoms with E-state index in [4.69, 9.17) is 11.6 Å². The van der Waals surface area contributed by atoms with Crippen molar-refractivity contribution in [2.24, 2.45) is 0 Å². The maximum atomic E-state index is 12.1. The maximum Gasteiger partial charge on any atom is 0.471 e. The van der Waals surface area contributed by atoms with Crippen LogP contribution in [-0.4, -0.2) is 41.4 Å². The van der Waals surface area contributed by atoms with E-state index >= 15 is 0 Å². The summed E-state index contributed by atoms with van der Waals surface area (Å²) in [5, 5.41) is 2.78. The average Bonchev–Trinajstić information content (AvgIpc) is 2.51. The fourth-order valence-electron chi connectivity index (χ4n) is 1.94. The summed E-state index contributed by atoms with van der Waals surface area (Å²) in [5.74, 6) is -2.84. The van der Waals surface area contributed by atoms with Crippen molar-refractivity contribution >= 4 is 23.4 Å². The molecule has 2 aliphatic heterocycles. The Morgan fingerprint density at radius 3 is 2.74 bits per heavy atom. The number of allylic oxidation sites excluding steroid dienone is 4. The second-order valence-corrected chi connectivity index (χ2v) is 5.25. The highest BCUT2D eigenvalue weighted by Gasteiger charge is 2.38. The molecule has 2 amide bonds. The second kappa shape index (κ2) is 6.91. The van der Waals surface area contributed by atoms with Gasteiger partial charge in [-0.15, -0.1) is 11.6 Å². The predicted molar refractivity (Wildman–Crippen MR) is 78.0 cm³/mol. The van der Waals surface area contributed by atoms with Gasteiger partial charge in [0, 0.05) is 19.3 Å². The first-order chi connectivity index (χ1) is 10.8. The summed E-state index contributed by atoms with van der Waals surface area (Å²) in [4.78, 5) is 24.5. The Labute approximate surface area is 135 Å². The smallest absolute Gasteiger partial charge is 0.346 e. The molecule has 2 rings (SSSR count). The lowest BCUT2D eigenvalue weighted by Crippen LogP contribution is -2.44. The number of fused-ring (bicyclic) bond motifs is 1. The van der Waals surface area contributed by atoms with Gasteiger partial charge in [0.05, 0.1) is 11.4 Å². The number of alkyl halides is 4. The van der Waals surface area contributed by atoms with E-state index in [1.807, 2.05) is 23.3 Å². The first kappa shape index (κ1) is 17.1. The van der Waals surface area contributed by atoms with Crippen molar-refractivity contribution in [3.05, 3.63) is 48.0 Å². The number of rotatable bonds is 4. The molecule has 0 spiro atoms. The molecule has 1 unspecified atom stereocenters. The second-order valence-electron chi connectivity index (χ2n) is 4.72. The molecule has 5 nitrogen and oxygen atoms in total. The highest BCUT2D eigenvalue weighted by atomic mass is 35.5. The number of halogens is 4. The lowest BCUT2D eigenvalue weighted by Gasteiger charge is -2.28. The third-order valence-electron chi connectivity index (χ3n) is 3.04. The van der Waals surface area contributed by atoms with Crippen LogP contribution in [0.4, 0.5) is 13.2 Å². The summed E-state index contributed by atoms with van der Waals surface area (Å²) in [5.41, 5.74) is 1.22. The molecule has 2 heterocycles. The maximum absolute atomic E-state index is 12.1. The highest BCUT2D eigenvalue weighted by Crippen LogP contribution is 2.20. The normalized spacial score (nSPS) is 17.8. The van der Waals surface area contributed by atoms with E-state index in [-0.39, 0.29) is 0 Å². The Hall–Kier alpha value is -2.22. The van der Waals surface area contributed by atoms with E-state index in [0.717, 1.165) is 5.70 Å². The van der Waals surface area contributed by atoms with Crippen LogP contribution in [0.5, 0.6) is 0 Å². The van der Waals surface area contributed by atoms with Crippen molar-refractivity contribution in [1.29, 1.82) is 0 Å². The van der Waals surface area contributed by atoms with Crippen molar-refractivity contribution in [3.8, 4) is 0 Å². The van der Waals surface area contributed by atoms with E-state index in [1.54, 1.807) is 23.5 Å². The Morgan fingerprint density at radius 2 is 2.04 bits per heavy atom. The van der Waals surface area contributed by atoms with E-state index in [2.05, 4.69) is 5.32 Å². The summed E-state index contributed by atoms with van der Waals surface area (Å²) >= 11 is 5.73. The Morgan fingerprint density at radius 1 is 1.30 bits per heavy atom. The summed E-state index contributed by atoms with van der Waals surface area (Å²) in [6, 6.07) is 0. The molecule has 124 valence electrons. The third kappa shape index (κ3) is 4.38. The topological polar surface area (TPSA) is 61.4 Å². The van der Waals surface area contributed by atoms with Gasteiger partial charge in [-0.3, -0.25) is 9.59 Å². The van der Waals surface area contributed by atoms with Gasteiger partial charge in [-0.25, -0.2) is 0 Å². The molecule has 2 aliphatic rings. The zero-order valence-electron chi connectivity index (χ0n) is 11.7. The Balaban J connectivity index is 1.95. The Kier molecular flexibility index (Phi) is 5.15. The summed E-state index contributed by atoms with van der Waals surface area (Å²) in [7, 11) is 0. The number of hydrogen-bond acceptors (Lipinski definition) is 3. The molecule has 0 aliphatic carbocycles.